The average Bonchev–Trinajstić information content (AvgIpc) is 2.83. The van der Waals surface area contributed by atoms with Crippen molar-refractivity contribution in [1.29, 1.82) is 0 Å². The standard InChI is InChI=1S/C26H33NO5/c1-16-12-24(32-15-25(28)31-5)18(3)23-13-20(8-11-22(16)23)17(2)26(29)27-14-19-6-9-21(30-4)10-7-19/h6-7,9-10,12,17,20H,8,11,13-15H2,1-5H3,(H,27,29)/t17-,20+/m0/s1. The highest BCUT2D eigenvalue weighted by molar-refractivity contribution is 5.78. The molecular weight excluding hydrogens is 406 g/mol. The van der Waals surface area contributed by atoms with E-state index in [0.29, 0.717) is 12.3 Å². The lowest BCUT2D eigenvalue weighted by molar-refractivity contribution is -0.142. The SMILES string of the molecule is COC(=O)COc1cc(C)c2c(c1C)C[C@H]([C@H](C)C(=O)NCc1ccc(OC)cc1)CC2. The van der Waals surface area contributed by atoms with Crippen LogP contribution < -0.4 is 14.8 Å². The number of hydrogen-bond acceptors (Lipinski definition) is 5. The van der Waals surface area contributed by atoms with Gasteiger partial charge in [0, 0.05) is 12.5 Å². The number of fused-ring (bicyclic) bond motifs is 1. The van der Waals surface area contributed by atoms with Crippen LogP contribution in [0.25, 0.3) is 0 Å². The molecular formula is C26H33NO5. The Kier molecular flexibility index (Phi) is 7.78. The van der Waals surface area contributed by atoms with Crippen molar-refractivity contribution in [2.45, 2.75) is 46.6 Å². The lowest BCUT2D eigenvalue weighted by Gasteiger charge is -2.31. The molecule has 0 fully saturated rings. The van der Waals surface area contributed by atoms with Gasteiger partial charge in [-0.15, -0.1) is 0 Å². The summed E-state index contributed by atoms with van der Waals surface area (Å²) in [6, 6.07) is 9.72. The third-order valence-electron chi connectivity index (χ3n) is 6.56. The second kappa shape index (κ2) is 10.5. The molecule has 0 aromatic heterocycles. The Morgan fingerprint density at radius 3 is 2.50 bits per heavy atom. The van der Waals surface area contributed by atoms with Crippen LogP contribution in [0.3, 0.4) is 0 Å². The average molecular weight is 440 g/mol. The van der Waals surface area contributed by atoms with Crippen LogP contribution in [0.5, 0.6) is 11.5 Å². The summed E-state index contributed by atoms with van der Waals surface area (Å²) < 4.78 is 15.6. The van der Waals surface area contributed by atoms with Gasteiger partial charge in [-0.3, -0.25) is 4.79 Å². The molecule has 0 unspecified atom stereocenters. The number of esters is 1. The van der Waals surface area contributed by atoms with Crippen LogP contribution in [-0.4, -0.2) is 32.7 Å². The first kappa shape index (κ1) is 23.6. The fourth-order valence-electron chi connectivity index (χ4n) is 4.40. The topological polar surface area (TPSA) is 73.9 Å². The molecule has 0 saturated heterocycles. The van der Waals surface area contributed by atoms with Crippen molar-refractivity contribution in [2.75, 3.05) is 20.8 Å². The molecule has 0 spiro atoms. The maximum atomic E-state index is 12.9. The predicted molar refractivity (Wildman–Crippen MR) is 123 cm³/mol. The Bertz CT molecular complexity index is 967. The van der Waals surface area contributed by atoms with Crippen LogP contribution in [0.1, 0.15) is 41.2 Å². The van der Waals surface area contributed by atoms with Gasteiger partial charge in [0.2, 0.25) is 5.91 Å². The summed E-state index contributed by atoms with van der Waals surface area (Å²) >= 11 is 0. The first-order valence-corrected chi connectivity index (χ1v) is 11.1. The van der Waals surface area contributed by atoms with Gasteiger partial charge in [0.25, 0.3) is 0 Å². The maximum Gasteiger partial charge on any atom is 0.343 e. The first-order chi connectivity index (χ1) is 15.3. The van der Waals surface area contributed by atoms with E-state index in [9.17, 15) is 9.59 Å². The zero-order chi connectivity index (χ0) is 23.3. The van der Waals surface area contributed by atoms with E-state index in [2.05, 4.69) is 17.0 Å². The summed E-state index contributed by atoms with van der Waals surface area (Å²) in [5.74, 6) is 1.34. The van der Waals surface area contributed by atoms with E-state index in [-0.39, 0.29) is 24.3 Å². The summed E-state index contributed by atoms with van der Waals surface area (Å²) in [6.07, 6.45) is 2.75. The highest BCUT2D eigenvalue weighted by Gasteiger charge is 2.30. The second-order valence-electron chi connectivity index (χ2n) is 8.50. The fourth-order valence-corrected chi connectivity index (χ4v) is 4.40. The summed E-state index contributed by atoms with van der Waals surface area (Å²) in [4.78, 5) is 24.4. The number of hydrogen-bond donors (Lipinski definition) is 1. The molecule has 2 aromatic carbocycles. The Labute approximate surface area is 190 Å². The van der Waals surface area contributed by atoms with Crippen molar-refractivity contribution in [1.82, 2.24) is 5.32 Å². The molecule has 6 nitrogen and oxygen atoms in total. The molecule has 1 aliphatic carbocycles. The molecule has 2 aromatic rings. The van der Waals surface area contributed by atoms with Crippen LogP contribution in [0.4, 0.5) is 0 Å². The highest BCUT2D eigenvalue weighted by Crippen LogP contribution is 2.37. The quantitative estimate of drug-likeness (QED) is 0.631. The maximum absolute atomic E-state index is 12.9. The lowest BCUT2D eigenvalue weighted by Crippen LogP contribution is -2.35. The van der Waals surface area contributed by atoms with Crippen molar-refractivity contribution >= 4 is 11.9 Å². The van der Waals surface area contributed by atoms with Gasteiger partial charge >= 0.3 is 5.97 Å². The molecule has 1 amide bonds. The summed E-state index contributed by atoms with van der Waals surface area (Å²) in [5.41, 5.74) is 5.84. The summed E-state index contributed by atoms with van der Waals surface area (Å²) in [6.45, 7) is 6.51. The van der Waals surface area contributed by atoms with E-state index >= 15 is 0 Å². The molecule has 6 heteroatoms. The zero-order valence-electron chi connectivity index (χ0n) is 19.6. The Morgan fingerprint density at radius 2 is 1.84 bits per heavy atom. The molecule has 172 valence electrons. The number of rotatable bonds is 8. The summed E-state index contributed by atoms with van der Waals surface area (Å²) in [7, 11) is 2.99. The molecule has 0 aliphatic heterocycles. The van der Waals surface area contributed by atoms with E-state index < -0.39 is 5.97 Å². The number of ether oxygens (including phenoxy) is 3. The summed E-state index contributed by atoms with van der Waals surface area (Å²) in [5, 5.41) is 3.08. The third-order valence-corrected chi connectivity index (χ3v) is 6.56. The lowest BCUT2D eigenvalue weighted by atomic mass is 9.74. The minimum Gasteiger partial charge on any atom is -0.497 e. The van der Waals surface area contributed by atoms with Gasteiger partial charge < -0.3 is 19.5 Å². The molecule has 1 N–H and O–H groups in total. The van der Waals surface area contributed by atoms with Crippen molar-refractivity contribution in [3.05, 3.63) is 58.1 Å². The van der Waals surface area contributed by atoms with Gasteiger partial charge in [0.05, 0.1) is 14.2 Å². The number of nitrogens with one attached hydrogen (secondary N) is 1. The van der Waals surface area contributed by atoms with Crippen molar-refractivity contribution in [2.24, 2.45) is 11.8 Å². The molecule has 0 radical (unpaired) electrons. The zero-order valence-corrected chi connectivity index (χ0v) is 19.6. The van der Waals surface area contributed by atoms with Gasteiger partial charge in [0.15, 0.2) is 6.61 Å². The minimum absolute atomic E-state index is 0.0711. The van der Waals surface area contributed by atoms with Crippen LogP contribution >= 0.6 is 0 Å². The normalized spacial score (nSPS) is 16.0. The second-order valence-corrected chi connectivity index (χ2v) is 8.50. The third kappa shape index (κ3) is 5.42. The van der Waals surface area contributed by atoms with Crippen LogP contribution in [-0.2, 0) is 33.7 Å². The fraction of sp³-hybridized carbons (Fsp3) is 0.462. The van der Waals surface area contributed by atoms with E-state index in [4.69, 9.17) is 9.47 Å². The smallest absolute Gasteiger partial charge is 0.343 e. The van der Waals surface area contributed by atoms with Gasteiger partial charge in [-0.1, -0.05) is 19.1 Å². The van der Waals surface area contributed by atoms with Crippen LogP contribution in [0.2, 0.25) is 0 Å². The largest absolute Gasteiger partial charge is 0.497 e. The van der Waals surface area contributed by atoms with E-state index in [1.165, 1.54) is 23.8 Å². The van der Waals surface area contributed by atoms with Crippen molar-refractivity contribution in [3.8, 4) is 11.5 Å². The highest BCUT2D eigenvalue weighted by atomic mass is 16.6. The van der Waals surface area contributed by atoms with E-state index in [0.717, 1.165) is 36.1 Å². The number of carbonyl (C=O) groups is 2. The van der Waals surface area contributed by atoms with Gasteiger partial charge in [0.1, 0.15) is 11.5 Å². The Morgan fingerprint density at radius 1 is 1.12 bits per heavy atom. The minimum atomic E-state index is -0.403. The molecule has 0 heterocycles. The molecule has 3 rings (SSSR count). The predicted octanol–water partition coefficient (Wildman–Crippen LogP) is 3.92. The monoisotopic (exact) mass is 439 g/mol. The van der Waals surface area contributed by atoms with Crippen molar-refractivity contribution in [3.63, 3.8) is 0 Å². The number of benzene rings is 2. The van der Waals surface area contributed by atoms with Gasteiger partial charge in [-0.05, 0) is 85.0 Å². The van der Waals surface area contributed by atoms with E-state index in [1.807, 2.05) is 44.2 Å². The Hall–Kier alpha value is -3.02. The number of aryl methyl sites for hydroxylation is 1. The van der Waals surface area contributed by atoms with E-state index in [1.54, 1.807) is 7.11 Å². The molecule has 1 aliphatic rings. The first-order valence-electron chi connectivity index (χ1n) is 11.1. The van der Waals surface area contributed by atoms with Crippen LogP contribution in [0.15, 0.2) is 30.3 Å². The molecule has 0 saturated carbocycles. The van der Waals surface area contributed by atoms with Gasteiger partial charge in [-0.25, -0.2) is 4.79 Å². The van der Waals surface area contributed by atoms with Gasteiger partial charge in [-0.2, -0.15) is 0 Å². The van der Waals surface area contributed by atoms with Crippen LogP contribution in [0, 0.1) is 25.7 Å². The number of amides is 1. The molecule has 32 heavy (non-hydrogen) atoms. The molecule has 0 bridgehead atoms. The number of methoxy groups -OCH3 is 2. The number of carbonyl (C=O) groups excluding carboxylic acids is 2. The molecule has 2 atom stereocenters. The van der Waals surface area contributed by atoms with Crippen molar-refractivity contribution < 1.29 is 23.8 Å². The Balaban J connectivity index is 1.66.